The van der Waals surface area contributed by atoms with E-state index in [1.165, 1.54) is 12.8 Å². The Balaban J connectivity index is 2.44. The highest BCUT2D eigenvalue weighted by atomic mass is 16.1. The second-order valence-electron chi connectivity index (χ2n) is 6.36. The van der Waals surface area contributed by atoms with Crippen molar-refractivity contribution >= 4 is 17.6 Å². The van der Waals surface area contributed by atoms with Crippen LogP contribution in [0.1, 0.15) is 47.0 Å². The van der Waals surface area contributed by atoms with Crippen LogP contribution < -0.4 is 16.0 Å². The molecule has 0 aliphatic carbocycles. The fourth-order valence-corrected chi connectivity index (χ4v) is 2.25. The van der Waals surface area contributed by atoms with Gasteiger partial charge in [-0.1, -0.05) is 26.7 Å². The van der Waals surface area contributed by atoms with Crippen LogP contribution in [0, 0.1) is 5.92 Å². The third-order valence-corrected chi connectivity index (χ3v) is 3.47. The lowest BCUT2D eigenvalue weighted by Gasteiger charge is -2.18. The van der Waals surface area contributed by atoms with Crippen molar-refractivity contribution in [1.29, 1.82) is 0 Å². The highest BCUT2D eigenvalue weighted by Crippen LogP contribution is 2.08. The van der Waals surface area contributed by atoms with Crippen LogP contribution in [0.15, 0.2) is 29.5 Å². The van der Waals surface area contributed by atoms with Crippen molar-refractivity contribution in [3.05, 3.63) is 24.5 Å². The zero-order chi connectivity index (χ0) is 17.8. The summed E-state index contributed by atoms with van der Waals surface area (Å²) in [5.74, 6) is 1.25. The molecule has 3 N–H and O–H groups in total. The van der Waals surface area contributed by atoms with E-state index in [0.717, 1.165) is 18.9 Å². The molecule has 6 nitrogen and oxygen atoms in total. The van der Waals surface area contributed by atoms with Crippen molar-refractivity contribution in [3.63, 3.8) is 0 Å². The molecule has 0 saturated heterocycles. The van der Waals surface area contributed by atoms with Crippen LogP contribution in [-0.2, 0) is 4.79 Å². The molecule has 6 heteroatoms. The van der Waals surface area contributed by atoms with Gasteiger partial charge in [0.05, 0.1) is 11.9 Å². The molecular formula is C18H31N5O. The molecule has 1 aromatic heterocycles. The van der Waals surface area contributed by atoms with Gasteiger partial charge in [-0.15, -0.1) is 0 Å². The van der Waals surface area contributed by atoms with Crippen molar-refractivity contribution in [3.8, 4) is 0 Å². The van der Waals surface area contributed by atoms with E-state index in [1.807, 2.05) is 6.92 Å². The largest absolute Gasteiger partial charge is 0.357 e. The minimum Gasteiger partial charge on any atom is -0.357 e. The molecule has 0 radical (unpaired) electrons. The van der Waals surface area contributed by atoms with E-state index >= 15 is 0 Å². The van der Waals surface area contributed by atoms with Crippen LogP contribution in [0.3, 0.4) is 0 Å². The van der Waals surface area contributed by atoms with E-state index in [9.17, 15) is 4.79 Å². The summed E-state index contributed by atoms with van der Waals surface area (Å²) in [5.41, 5.74) is 0.678. The van der Waals surface area contributed by atoms with Gasteiger partial charge in [0.25, 0.3) is 0 Å². The molecule has 1 heterocycles. The Hall–Kier alpha value is -2.11. The number of amides is 1. The number of pyridine rings is 1. The summed E-state index contributed by atoms with van der Waals surface area (Å²) in [7, 11) is 0. The lowest BCUT2D eigenvalue weighted by molar-refractivity contribution is -0.114. The number of nitrogens with zero attached hydrogens (tertiary/aromatic N) is 2. The molecule has 0 fully saturated rings. The number of rotatable bonds is 9. The number of anilines is 1. The van der Waals surface area contributed by atoms with E-state index in [1.54, 1.807) is 24.5 Å². The smallest absolute Gasteiger partial charge is 0.246 e. The van der Waals surface area contributed by atoms with Crippen LogP contribution in [0.4, 0.5) is 5.69 Å². The highest BCUT2D eigenvalue weighted by Gasteiger charge is 2.07. The summed E-state index contributed by atoms with van der Waals surface area (Å²) in [6, 6.07) is 3.90. The Bertz CT molecular complexity index is 501. The number of nitrogens with one attached hydrogen (secondary N) is 3. The number of carbonyl (C=O) groups excluding carboxylic acids is 1. The van der Waals surface area contributed by atoms with Gasteiger partial charge in [0.2, 0.25) is 5.91 Å². The molecule has 0 spiro atoms. The zero-order valence-electron chi connectivity index (χ0n) is 15.3. The molecule has 0 aliphatic rings. The molecule has 0 bridgehead atoms. The van der Waals surface area contributed by atoms with Gasteiger partial charge < -0.3 is 16.0 Å². The quantitative estimate of drug-likeness (QED) is 0.480. The molecular weight excluding hydrogens is 302 g/mol. The van der Waals surface area contributed by atoms with E-state index in [4.69, 9.17) is 0 Å². The maximum absolute atomic E-state index is 12.0. The van der Waals surface area contributed by atoms with Gasteiger partial charge >= 0.3 is 0 Å². The van der Waals surface area contributed by atoms with E-state index in [-0.39, 0.29) is 12.5 Å². The van der Waals surface area contributed by atoms with Crippen LogP contribution in [-0.4, -0.2) is 36.0 Å². The topological polar surface area (TPSA) is 78.4 Å². The molecule has 24 heavy (non-hydrogen) atoms. The summed E-state index contributed by atoms with van der Waals surface area (Å²) in [6.45, 7) is 9.46. The summed E-state index contributed by atoms with van der Waals surface area (Å²) >= 11 is 0. The second-order valence-corrected chi connectivity index (χ2v) is 6.36. The Morgan fingerprint density at radius 1 is 1.29 bits per heavy atom. The van der Waals surface area contributed by atoms with E-state index in [2.05, 4.69) is 46.7 Å². The predicted molar refractivity (Wildman–Crippen MR) is 100 cm³/mol. The first-order valence-corrected chi connectivity index (χ1v) is 8.76. The number of carbonyl (C=O) groups is 1. The number of aliphatic imine (C=N–C) groups is 1. The SMILES string of the molecule is CCNC(=NCC(=O)Nc1cccnc1)NC(C)CCCC(C)C. The highest BCUT2D eigenvalue weighted by molar-refractivity contribution is 5.93. The van der Waals surface area contributed by atoms with Crippen molar-refractivity contribution < 1.29 is 4.79 Å². The second kappa shape index (κ2) is 11.4. The third kappa shape index (κ3) is 9.12. The van der Waals surface area contributed by atoms with Crippen LogP contribution in [0.25, 0.3) is 0 Å². The van der Waals surface area contributed by atoms with Crippen LogP contribution in [0.5, 0.6) is 0 Å². The molecule has 1 aromatic rings. The van der Waals surface area contributed by atoms with E-state index in [0.29, 0.717) is 17.7 Å². The van der Waals surface area contributed by atoms with Crippen molar-refractivity contribution in [1.82, 2.24) is 15.6 Å². The van der Waals surface area contributed by atoms with Crippen LogP contribution >= 0.6 is 0 Å². The average molecular weight is 333 g/mol. The average Bonchev–Trinajstić information content (AvgIpc) is 2.53. The zero-order valence-corrected chi connectivity index (χ0v) is 15.3. The maximum Gasteiger partial charge on any atom is 0.246 e. The molecule has 134 valence electrons. The Kier molecular flexibility index (Phi) is 9.49. The van der Waals surface area contributed by atoms with Crippen molar-refractivity contribution in [2.45, 2.75) is 53.0 Å². The summed E-state index contributed by atoms with van der Waals surface area (Å²) in [4.78, 5) is 20.3. The van der Waals surface area contributed by atoms with Gasteiger partial charge in [0, 0.05) is 18.8 Å². The molecule has 1 amide bonds. The van der Waals surface area contributed by atoms with Gasteiger partial charge in [-0.05, 0) is 38.3 Å². The monoisotopic (exact) mass is 333 g/mol. The number of hydrogen-bond acceptors (Lipinski definition) is 3. The predicted octanol–water partition coefficient (Wildman–Crippen LogP) is 2.79. The first-order chi connectivity index (χ1) is 11.5. The van der Waals surface area contributed by atoms with Gasteiger partial charge in [0.15, 0.2) is 5.96 Å². The Morgan fingerprint density at radius 3 is 2.71 bits per heavy atom. The molecule has 0 aromatic carbocycles. The normalized spacial score (nSPS) is 12.8. The number of hydrogen-bond donors (Lipinski definition) is 3. The lowest BCUT2D eigenvalue weighted by Crippen LogP contribution is -2.42. The summed E-state index contributed by atoms with van der Waals surface area (Å²) in [6.07, 6.45) is 6.79. The third-order valence-electron chi connectivity index (χ3n) is 3.47. The minimum absolute atomic E-state index is 0.0724. The van der Waals surface area contributed by atoms with Gasteiger partial charge in [0.1, 0.15) is 6.54 Å². The first kappa shape index (κ1) is 19.9. The van der Waals surface area contributed by atoms with Crippen molar-refractivity contribution in [2.75, 3.05) is 18.4 Å². The standard InChI is InChI=1S/C18H31N5O/c1-5-20-18(22-15(4)9-6-8-14(2)3)21-13-17(24)23-16-10-7-11-19-12-16/h7,10-12,14-15H,5-6,8-9,13H2,1-4H3,(H,23,24)(H2,20,21,22). The minimum atomic E-state index is -0.160. The molecule has 1 atom stereocenters. The number of guanidine groups is 1. The van der Waals surface area contributed by atoms with Gasteiger partial charge in [-0.3, -0.25) is 9.78 Å². The molecule has 1 unspecified atom stereocenters. The molecule has 0 aliphatic heterocycles. The van der Waals surface area contributed by atoms with Gasteiger partial charge in [-0.2, -0.15) is 0 Å². The first-order valence-electron chi connectivity index (χ1n) is 8.76. The fourth-order valence-electron chi connectivity index (χ4n) is 2.25. The Morgan fingerprint density at radius 2 is 2.08 bits per heavy atom. The summed E-state index contributed by atoms with van der Waals surface area (Å²) < 4.78 is 0. The van der Waals surface area contributed by atoms with E-state index < -0.39 is 0 Å². The molecule has 0 saturated carbocycles. The van der Waals surface area contributed by atoms with Gasteiger partial charge in [-0.25, -0.2) is 4.99 Å². The van der Waals surface area contributed by atoms with Crippen molar-refractivity contribution in [2.24, 2.45) is 10.9 Å². The fraction of sp³-hybridized carbons (Fsp3) is 0.611. The summed E-state index contributed by atoms with van der Waals surface area (Å²) in [5, 5.41) is 9.31. The molecule has 1 rings (SSSR count). The number of aromatic nitrogens is 1. The van der Waals surface area contributed by atoms with Crippen LogP contribution in [0.2, 0.25) is 0 Å². The lowest BCUT2D eigenvalue weighted by atomic mass is 10.0. The maximum atomic E-state index is 12.0. The Labute approximate surface area is 145 Å².